The quantitative estimate of drug-likeness (QED) is 0.596. The van der Waals surface area contributed by atoms with Crippen LogP contribution in [0.4, 0.5) is 10.8 Å². The first kappa shape index (κ1) is 17.1. The van der Waals surface area contributed by atoms with Gasteiger partial charge in [0.15, 0.2) is 10.8 Å². The molecule has 0 unspecified atom stereocenters. The minimum absolute atomic E-state index is 0.438. The Kier molecular flexibility index (Phi) is 4.03. The normalized spacial score (nSPS) is 20.9. The van der Waals surface area contributed by atoms with E-state index in [-0.39, 0.29) is 0 Å². The number of rotatable bonds is 2. The Morgan fingerprint density at radius 3 is 2.88 bits per heavy atom. The van der Waals surface area contributed by atoms with E-state index in [0.717, 1.165) is 15.8 Å². The summed E-state index contributed by atoms with van der Waals surface area (Å²) in [5.74, 6) is 0.661. The SMILES string of the molecule is [C-]#[N+]c1ccc2c(c1)[C@@H](Nc1nc3cc(Cl)ccc3s1)[C@H](O)C(C)(C)O2. The molecule has 0 bridgehead atoms. The highest BCUT2D eigenvalue weighted by Crippen LogP contribution is 2.43. The van der Waals surface area contributed by atoms with Crippen molar-refractivity contribution >= 4 is 44.0 Å². The van der Waals surface area contributed by atoms with Crippen LogP contribution in [0.25, 0.3) is 15.1 Å². The summed E-state index contributed by atoms with van der Waals surface area (Å²) in [4.78, 5) is 8.06. The molecular weight excluding hydrogens is 370 g/mol. The van der Waals surface area contributed by atoms with Gasteiger partial charge >= 0.3 is 0 Å². The molecule has 26 heavy (non-hydrogen) atoms. The molecule has 132 valence electrons. The maximum absolute atomic E-state index is 10.9. The number of nitrogens with one attached hydrogen (secondary N) is 1. The Morgan fingerprint density at radius 1 is 1.31 bits per heavy atom. The van der Waals surface area contributed by atoms with E-state index in [2.05, 4.69) is 15.1 Å². The lowest BCUT2D eigenvalue weighted by Crippen LogP contribution is -2.50. The number of benzene rings is 2. The van der Waals surface area contributed by atoms with Crippen LogP contribution in [-0.4, -0.2) is 21.8 Å². The van der Waals surface area contributed by atoms with E-state index < -0.39 is 17.7 Å². The second kappa shape index (κ2) is 6.13. The van der Waals surface area contributed by atoms with Gasteiger partial charge in [0.05, 0.1) is 22.8 Å². The third kappa shape index (κ3) is 2.88. The number of aromatic nitrogens is 1. The number of hydrogen-bond donors (Lipinski definition) is 2. The van der Waals surface area contributed by atoms with Gasteiger partial charge < -0.3 is 15.2 Å². The van der Waals surface area contributed by atoms with E-state index in [0.29, 0.717) is 21.6 Å². The number of ether oxygens (including phenoxy) is 1. The Labute approximate surface area is 160 Å². The zero-order chi connectivity index (χ0) is 18.5. The van der Waals surface area contributed by atoms with Crippen molar-refractivity contribution in [2.24, 2.45) is 0 Å². The van der Waals surface area contributed by atoms with Gasteiger partial charge in [-0.05, 0) is 44.2 Å². The van der Waals surface area contributed by atoms with Crippen LogP contribution in [0.15, 0.2) is 36.4 Å². The first-order valence-electron chi connectivity index (χ1n) is 8.08. The number of aliphatic hydroxyl groups is 1. The van der Waals surface area contributed by atoms with Gasteiger partial charge in [-0.3, -0.25) is 0 Å². The molecule has 1 aliphatic heterocycles. The van der Waals surface area contributed by atoms with Crippen molar-refractivity contribution in [3.05, 3.63) is 58.4 Å². The Hall–Kier alpha value is -2.33. The average Bonchev–Trinajstić information content (AvgIpc) is 3.00. The molecule has 2 aromatic carbocycles. The van der Waals surface area contributed by atoms with Crippen molar-refractivity contribution in [2.75, 3.05) is 5.32 Å². The largest absolute Gasteiger partial charge is 0.485 e. The molecule has 1 aromatic heterocycles. The molecule has 2 atom stereocenters. The Morgan fingerprint density at radius 2 is 2.12 bits per heavy atom. The standard InChI is InChI=1S/C19H16ClN3O2S/c1-19(2)17(24)16(12-9-11(21-3)5-6-14(12)25-19)23-18-22-13-8-10(20)4-7-15(13)26-18/h4-9,16-17,24H,1-2H3,(H,22,23)/t16-,17+/m1/s1. The van der Waals surface area contributed by atoms with Crippen LogP contribution in [-0.2, 0) is 0 Å². The zero-order valence-corrected chi connectivity index (χ0v) is 15.7. The molecule has 0 spiro atoms. The highest BCUT2D eigenvalue weighted by molar-refractivity contribution is 7.22. The predicted octanol–water partition coefficient (Wildman–Crippen LogP) is 5.19. The molecule has 5 nitrogen and oxygen atoms in total. The van der Waals surface area contributed by atoms with Gasteiger partial charge in [-0.2, -0.15) is 0 Å². The smallest absolute Gasteiger partial charge is 0.187 e. The van der Waals surface area contributed by atoms with Gasteiger partial charge in [-0.1, -0.05) is 29.0 Å². The lowest BCUT2D eigenvalue weighted by atomic mass is 9.86. The first-order valence-corrected chi connectivity index (χ1v) is 9.28. The fourth-order valence-corrected chi connectivity index (χ4v) is 4.16. The van der Waals surface area contributed by atoms with Gasteiger partial charge in [-0.15, -0.1) is 0 Å². The van der Waals surface area contributed by atoms with Crippen LogP contribution in [0.5, 0.6) is 5.75 Å². The molecule has 0 saturated heterocycles. The molecule has 0 fully saturated rings. The molecule has 3 aromatic rings. The molecule has 0 radical (unpaired) electrons. The van der Waals surface area contributed by atoms with E-state index in [9.17, 15) is 5.11 Å². The number of anilines is 1. The van der Waals surface area contributed by atoms with Gasteiger partial charge in [-0.25, -0.2) is 9.83 Å². The van der Waals surface area contributed by atoms with Gasteiger partial charge in [0.25, 0.3) is 0 Å². The van der Waals surface area contributed by atoms with Crippen molar-refractivity contribution in [2.45, 2.75) is 31.6 Å². The highest BCUT2D eigenvalue weighted by atomic mass is 35.5. The number of fused-ring (bicyclic) bond motifs is 2. The second-order valence-electron chi connectivity index (χ2n) is 6.74. The average molecular weight is 386 g/mol. The molecule has 4 rings (SSSR count). The fraction of sp³-hybridized carbons (Fsp3) is 0.263. The van der Waals surface area contributed by atoms with Crippen molar-refractivity contribution in [1.82, 2.24) is 4.98 Å². The first-order chi connectivity index (χ1) is 12.4. The van der Waals surface area contributed by atoms with Gasteiger partial charge in [0.1, 0.15) is 17.5 Å². The summed E-state index contributed by atoms with van der Waals surface area (Å²) in [7, 11) is 0. The molecular formula is C19H16ClN3O2S. The second-order valence-corrected chi connectivity index (χ2v) is 8.20. The molecule has 7 heteroatoms. The third-order valence-corrected chi connectivity index (χ3v) is 5.69. The Bertz CT molecular complexity index is 1040. The molecule has 2 N–H and O–H groups in total. The summed E-state index contributed by atoms with van der Waals surface area (Å²) in [6.45, 7) is 10.9. The van der Waals surface area contributed by atoms with E-state index in [1.165, 1.54) is 11.3 Å². The van der Waals surface area contributed by atoms with Crippen LogP contribution >= 0.6 is 22.9 Å². The monoisotopic (exact) mass is 385 g/mol. The maximum Gasteiger partial charge on any atom is 0.187 e. The number of thiazole rings is 1. The van der Waals surface area contributed by atoms with Crippen molar-refractivity contribution in [3.8, 4) is 5.75 Å². The highest BCUT2D eigenvalue weighted by Gasteiger charge is 2.43. The summed E-state index contributed by atoms with van der Waals surface area (Å²) in [5, 5.41) is 15.5. The van der Waals surface area contributed by atoms with Crippen molar-refractivity contribution < 1.29 is 9.84 Å². The summed E-state index contributed by atoms with van der Waals surface area (Å²) in [6.07, 6.45) is -0.813. The molecule has 0 aliphatic carbocycles. The zero-order valence-electron chi connectivity index (χ0n) is 14.2. The van der Waals surface area contributed by atoms with E-state index >= 15 is 0 Å². The van der Waals surface area contributed by atoms with Crippen molar-refractivity contribution in [3.63, 3.8) is 0 Å². The number of nitrogens with zero attached hydrogens (tertiary/aromatic N) is 2. The molecule has 2 heterocycles. The number of hydrogen-bond acceptors (Lipinski definition) is 5. The summed E-state index contributed by atoms with van der Waals surface area (Å²) in [5.41, 5.74) is 1.29. The molecule has 0 saturated carbocycles. The topological polar surface area (TPSA) is 58.7 Å². The van der Waals surface area contributed by atoms with Crippen LogP contribution < -0.4 is 10.1 Å². The number of halogens is 1. The van der Waals surface area contributed by atoms with E-state index in [4.69, 9.17) is 22.9 Å². The fourth-order valence-electron chi connectivity index (χ4n) is 3.11. The Balaban J connectivity index is 1.77. The summed E-state index contributed by atoms with van der Waals surface area (Å²) < 4.78 is 6.95. The van der Waals surface area contributed by atoms with Gasteiger partial charge in [0.2, 0.25) is 0 Å². The maximum atomic E-state index is 10.9. The van der Waals surface area contributed by atoms with Crippen LogP contribution in [0.1, 0.15) is 25.5 Å². The number of aliphatic hydroxyl groups excluding tert-OH is 1. The minimum atomic E-state index is -0.813. The predicted molar refractivity (Wildman–Crippen MR) is 104 cm³/mol. The molecule has 1 aliphatic rings. The van der Waals surface area contributed by atoms with Crippen molar-refractivity contribution in [1.29, 1.82) is 0 Å². The summed E-state index contributed by atoms with van der Waals surface area (Å²) >= 11 is 7.53. The van der Waals surface area contributed by atoms with Crippen LogP contribution in [0, 0.1) is 6.57 Å². The lowest BCUT2D eigenvalue weighted by Gasteiger charge is -2.42. The minimum Gasteiger partial charge on any atom is -0.485 e. The van der Waals surface area contributed by atoms with Gasteiger partial charge in [0, 0.05) is 10.6 Å². The summed E-state index contributed by atoms with van der Waals surface area (Å²) in [6, 6.07) is 10.4. The third-order valence-electron chi connectivity index (χ3n) is 4.49. The van der Waals surface area contributed by atoms with E-state index in [1.807, 2.05) is 32.0 Å². The lowest BCUT2D eigenvalue weighted by molar-refractivity contribution is -0.0532. The van der Waals surface area contributed by atoms with Crippen LogP contribution in [0.3, 0.4) is 0 Å². The molecule has 0 amide bonds. The van der Waals surface area contributed by atoms with Crippen LogP contribution in [0.2, 0.25) is 5.02 Å². The van der Waals surface area contributed by atoms with E-state index in [1.54, 1.807) is 18.2 Å².